The highest BCUT2D eigenvalue weighted by Gasteiger charge is 2.60. The number of benzene rings is 4. The molecule has 4 aromatic rings. The third kappa shape index (κ3) is 8.02. The molecule has 1 fully saturated rings. The molecule has 1 N–H and O–H groups in total. The van der Waals surface area contributed by atoms with Gasteiger partial charge in [0.1, 0.15) is 6.10 Å². The summed E-state index contributed by atoms with van der Waals surface area (Å²) < 4.78 is 124. The van der Waals surface area contributed by atoms with E-state index in [0.717, 1.165) is 27.2 Å². The van der Waals surface area contributed by atoms with E-state index in [1.54, 1.807) is 48.5 Å². The maximum Gasteiger partial charge on any atom is 0.434 e. The number of hydrogen-bond donors (Lipinski definition) is 1. The molecule has 302 valence electrons. The van der Waals surface area contributed by atoms with Gasteiger partial charge in [-0.3, -0.25) is 4.90 Å². The van der Waals surface area contributed by atoms with Crippen LogP contribution in [0, 0.1) is 0 Å². The minimum atomic E-state index is -5.78. The van der Waals surface area contributed by atoms with Gasteiger partial charge in [0.25, 0.3) is 6.10 Å². The van der Waals surface area contributed by atoms with Crippen LogP contribution in [0.3, 0.4) is 0 Å². The first-order valence-corrected chi connectivity index (χ1v) is 17.4. The number of fused-ring (bicyclic) bond motifs is 4. The van der Waals surface area contributed by atoms with Crippen LogP contribution < -0.4 is 37.9 Å². The van der Waals surface area contributed by atoms with Crippen LogP contribution in [0.25, 0.3) is 0 Å². The Hall–Kier alpha value is -5.95. The minimum absolute atomic E-state index is 0.0745. The zero-order chi connectivity index (χ0) is 39.9. The summed E-state index contributed by atoms with van der Waals surface area (Å²) in [6.45, 7) is 0.588. The van der Waals surface area contributed by atoms with Crippen LogP contribution in [0.4, 0.5) is 31.1 Å². The zero-order valence-electron chi connectivity index (χ0n) is 29.5. The second-order valence-corrected chi connectivity index (χ2v) is 13.1. The molecule has 1 saturated heterocycles. The van der Waals surface area contributed by atoms with E-state index in [9.17, 15) is 36.2 Å². The Morgan fingerprint density at radius 2 is 0.860 bits per heavy atom. The number of nitrogens with zero attached hydrogens (tertiary/aromatic N) is 2. The highest BCUT2D eigenvalue weighted by Crippen LogP contribution is 2.43. The third-order valence-electron chi connectivity index (χ3n) is 9.60. The number of halogens is 6. The number of piperazine rings is 1. The molecule has 5 aliphatic rings. The first kappa shape index (κ1) is 37.9. The molecular weight excluding hydrogens is 774 g/mol. The maximum absolute atomic E-state index is 12.8. The van der Waals surface area contributed by atoms with Crippen molar-refractivity contribution in [2.45, 2.75) is 30.6 Å². The predicted molar refractivity (Wildman–Crippen MR) is 182 cm³/mol. The molecule has 0 unspecified atom stereocenters. The van der Waals surface area contributed by atoms with Gasteiger partial charge in [-0.2, -0.15) is 26.3 Å². The van der Waals surface area contributed by atoms with Crippen LogP contribution in [0.2, 0.25) is 0 Å². The van der Waals surface area contributed by atoms with Crippen molar-refractivity contribution in [3.8, 4) is 46.0 Å². The molecule has 1 amide bonds. The first-order valence-electron chi connectivity index (χ1n) is 17.4. The van der Waals surface area contributed by atoms with E-state index in [2.05, 4.69) is 4.74 Å². The van der Waals surface area contributed by atoms with Crippen molar-refractivity contribution < 1.29 is 78.9 Å². The van der Waals surface area contributed by atoms with Gasteiger partial charge in [0.05, 0.1) is 6.04 Å². The molecule has 57 heavy (non-hydrogen) atoms. The van der Waals surface area contributed by atoms with Crippen molar-refractivity contribution in [2.24, 2.45) is 0 Å². The first-order chi connectivity index (χ1) is 27.3. The standard InChI is InChI=1S/C23H20F6N2O6.C15H12O5/c24-22(25,26)20(23(27,28)29)37-21(32)31-7-5-30(6-8-31)19(13-1-3-15-17(9-13)35-11-33-15)14-2-4-16-18(10-14)36-12-34-16;16-15(9-1-3-11-13(5-9)19-7-17-11)10-2-4-12-14(6-10)20-8-18-12/h1-4,9-10,19-20H,5-8,11-12H2;1-6,15-16H,7-8H2. The van der Waals surface area contributed by atoms with E-state index >= 15 is 0 Å². The fourth-order valence-electron chi connectivity index (χ4n) is 6.80. The number of ether oxygens (including phenoxy) is 9. The van der Waals surface area contributed by atoms with Gasteiger partial charge in [0.15, 0.2) is 46.0 Å². The van der Waals surface area contributed by atoms with Crippen molar-refractivity contribution in [3.05, 3.63) is 95.1 Å². The molecule has 0 aromatic heterocycles. The van der Waals surface area contributed by atoms with E-state index in [4.69, 9.17) is 37.9 Å². The molecule has 0 bridgehead atoms. The van der Waals surface area contributed by atoms with E-state index in [-0.39, 0.29) is 53.4 Å². The summed E-state index contributed by atoms with van der Waals surface area (Å²) in [5.41, 5.74) is 3.09. The smallest absolute Gasteiger partial charge is 0.434 e. The molecule has 0 radical (unpaired) electrons. The molecule has 0 spiro atoms. The van der Waals surface area contributed by atoms with Crippen LogP contribution in [-0.4, -0.2) is 92.8 Å². The summed E-state index contributed by atoms with van der Waals surface area (Å²) in [6, 6.07) is 21.2. The number of hydrogen-bond acceptors (Lipinski definition) is 12. The van der Waals surface area contributed by atoms with Gasteiger partial charge in [-0.25, -0.2) is 4.79 Å². The van der Waals surface area contributed by atoms with Crippen molar-refractivity contribution in [1.29, 1.82) is 0 Å². The average molecular weight is 807 g/mol. The SMILES string of the molecule is O=C(OC(C(F)(F)F)C(F)(F)F)N1CCN(C(c2ccc3c(c2)OCO3)c2ccc3c(c2)OCO3)CC1.OC(c1ccc2c(c1)OCO2)c1ccc2c(c1)OCO2. The molecule has 0 saturated carbocycles. The quantitative estimate of drug-likeness (QED) is 0.208. The predicted octanol–water partition coefficient (Wildman–Crippen LogP) is 6.71. The van der Waals surface area contributed by atoms with E-state index in [1.165, 1.54) is 0 Å². The average Bonchev–Trinajstić information content (AvgIpc) is 4.03. The largest absolute Gasteiger partial charge is 0.454 e. The molecule has 0 aliphatic carbocycles. The lowest BCUT2D eigenvalue weighted by Crippen LogP contribution is -2.53. The second kappa shape index (κ2) is 15.2. The maximum atomic E-state index is 12.8. The lowest BCUT2D eigenvalue weighted by atomic mass is 9.95. The molecule has 9 rings (SSSR count). The summed E-state index contributed by atoms with van der Waals surface area (Å²) >= 11 is 0. The molecule has 4 aromatic carbocycles. The van der Waals surface area contributed by atoms with Gasteiger partial charge in [-0.05, 0) is 70.8 Å². The monoisotopic (exact) mass is 806 g/mol. The Kier molecular flexibility index (Phi) is 10.1. The van der Waals surface area contributed by atoms with Crippen molar-refractivity contribution in [2.75, 3.05) is 53.4 Å². The van der Waals surface area contributed by atoms with E-state index < -0.39 is 36.7 Å². The Morgan fingerprint density at radius 1 is 0.526 bits per heavy atom. The summed E-state index contributed by atoms with van der Waals surface area (Å²) in [6.07, 6.45) is -18.2. The summed E-state index contributed by atoms with van der Waals surface area (Å²) in [5.74, 6) is 4.93. The minimum Gasteiger partial charge on any atom is -0.454 e. The van der Waals surface area contributed by atoms with Crippen molar-refractivity contribution in [1.82, 2.24) is 9.80 Å². The number of rotatable bonds is 6. The Balaban J connectivity index is 0.000000190. The van der Waals surface area contributed by atoms with Gasteiger partial charge < -0.3 is 52.6 Å². The number of aliphatic hydroxyl groups excluding tert-OH is 1. The molecule has 5 aliphatic heterocycles. The van der Waals surface area contributed by atoms with Crippen LogP contribution in [0.1, 0.15) is 34.4 Å². The van der Waals surface area contributed by atoms with Crippen molar-refractivity contribution >= 4 is 6.09 Å². The van der Waals surface area contributed by atoms with Crippen LogP contribution in [0.15, 0.2) is 72.8 Å². The number of alkyl halides is 6. The van der Waals surface area contributed by atoms with E-state index in [0.29, 0.717) is 46.0 Å². The Bertz CT molecular complexity index is 2000. The van der Waals surface area contributed by atoms with Crippen LogP contribution in [-0.2, 0) is 4.74 Å². The van der Waals surface area contributed by atoms with Crippen molar-refractivity contribution in [3.63, 3.8) is 0 Å². The molecule has 5 heterocycles. The molecule has 0 atom stereocenters. The fraction of sp³-hybridized carbons (Fsp3) is 0.342. The normalized spacial score (nSPS) is 16.6. The molecule has 13 nitrogen and oxygen atoms in total. The Labute approximate surface area is 319 Å². The molecule has 19 heteroatoms. The van der Waals surface area contributed by atoms with Gasteiger partial charge in [0, 0.05) is 26.2 Å². The topological polar surface area (TPSA) is 127 Å². The summed E-state index contributed by atoms with van der Waals surface area (Å²) in [4.78, 5) is 15.0. The van der Waals surface area contributed by atoms with Crippen LogP contribution in [0.5, 0.6) is 46.0 Å². The zero-order valence-corrected chi connectivity index (χ0v) is 29.5. The third-order valence-corrected chi connectivity index (χ3v) is 9.60. The highest BCUT2D eigenvalue weighted by molar-refractivity contribution is 5.68. The van der Waals surface area contributed by atoms with Gasteiger partial charge in [-0.1, -0.05) is 24.3 Å². The van der Waals surface area contributed by atoms with Gasteiger partial charge in [-0.15, -0.1) is 0 Å². The molecular formula is C38H32F6N2O11. The number of amides is 1. The second-order valence-electron chi connectivity index (χ2n) is 13.1. The lowest BCUT2D eigenvalue weighted by molar-refractivity contribution is -0.308. The van der Waals surface area contributed by atoms with Crippen LogP contribution >= 0.6 is 0 Å². The summed E-state index contributed by atoms with van der Waals surface area (Å²) in [7, 11) is 0. The highest BCUT2D eigenvalue weighted by atomic mass is 19.4. The lowest BCUT2D eigenvalue weighted by Gasteiger charge is -2.39. The number of aliphatic hydroxyl groups is 1. The van der Waals surface area contributed by atoms with Gasteiger partial charge >= 0.3 is 18.4 Å². The fourth-order valence-corrected chi connectivity index (χ4v) is 6.80. The Morgan fingerprint density at radius 3 is 1.23 bits per heavy atom. The summed E-state index contributed by atoms with van der Waals surface area (Å²) in [5, 5.41) is 10.5. The number of carbonyl (C=O) groups excluding carboxylic acids is 1. The number of carbonyl (C=O) groups is 1. The van der Waals surface area contributed by atoms with Gasteiger partial charge in [0.2, 0.25) is 27.2 Å². The van der Waals surface area contributed by atoms with E-state index in [1.807, 2.05) is 29.2 Å².